The fourth-order valence-electron chi connectivity index (χ4n) is 2.42. The molecule has 0 saturated heterocycles. The number of benzene rings is 1. The van der Waals surface area contributed by atoms with Crippen molar-refractivity contribution in [3.63, 3.8) is 0 Å². The average molecular weight is 308 g/mol. The van der Waals surface area contributed by atoms with Crippen molar-refractivity contribution in [3.8, 4) is 0 Å². The van der Waals surface area contributed by atoms with Crippen molar-refractivity contribution in [1.82, 2.24) is 0 Å². The summed E-state index contributed by atoms with van der Waals surface area (Å²) in [6, 6.07) is 5.22. The highest BCUT2D eigenvalue weighted by atomic mass is 35.5. The lowest BCUT2D eigenvalue weighted by atomic mass is 10.2. The molecule has 6 heteroatoms. The van der Waals surface area contributed by atoms with Gasteiger partial charge in [0.05, 0.1) is 21.0 Å². The summed E-state index contributed by atoms with van der Waals surface area (Å²) in [4.78, 5) is 0. The highest BCUT2D eigenvalue weighted by Gasteiger charge is 2.34. The van der Waals surface area contributed by atoms with Gasteiger partial charge in [-0.1, -0.05) is 29.3 Å². The summed E-state index contributed by atoms with van der Waals surface area (Å²) in [6.45, 7) is 0. The van der Waals surface area contributed by atoms with Gasteiger partial charge in [-0.3, -0.25) is 0 Å². The molecule has 2 rings (SSSR count). The van der Waals surface area contributed by atoms with Crippen LogP contribution in [0.15, 0.2) is 18.2 Å². The molecular weight excluding hydrogens is 293 g/mol. The minimum Gasteiger partial charge on any atom is -0.380 e. The van der Waals surface area contributed by atoms with Gasteiger partial charge in [-0.2, -0.15) is 0 Å². The van der Waals surface area contributed by atoms with Crippen molar-refractivity contribution < 1.29 is 8.42 Å². The lowest BCUT2D eigenvalue weighted by Crippen LogP contribution is -2.34. The number of hydrogen-bond donors (Lipinski definition) is 1. The van der Waals surface area contributed by atoms with Crippen LogP contribution in [0, 0.1) is 0 Å². The van der Waals surface area contributed by atoms with Crippen molar-refractivity contribution >= 4 is 38.7 Å². The van der Waals surface area contributed by atoms with Gasteiger partial charge in [0.25, 0.3) is 0 Å². The lowest BCUT2D eigenvalue weighted by Gasteiger charge is -2.21. The first-order chi connectivity index (χ1) is 8.39. The van der Waals surface area contributed by atoms with E-state index < -0.39 is 9.84 Å². The van der Waals surface area contributed by atoms with Gasteiger partial charge in [0.1, 0.15) is 0 Å². The summed E-state index contributed by atoms with van der Waals surface area (Å²) in [5.41, 5.74) is 0.699. The SMILES string of the molecule is CS(=O)(=O)C1CCCC1Nc1cccc(Cl)c1Cl. The second kappa shape index (κ2) is 5.27. The molecule has 1 saturated carbocycles. The number of nitrogens with one attached hydrogen (secondary N) is 1. The second-order valence-corrected chi connectivity index (χ2v) is 7.70. The van der Waals surface area contributed by atoms with Crippen molar-refractivity contribution in [1.29, 1.82) is 0 Å². The van der Waals surface area contributed by atoms with Crippen LogP contribution in [0.25, 0.3) is 0 Å². The maximum Gasteiger partial charge on any atom is 0.152 e. The summed E-state index contributed by atoms with van der Waals surface area (Å²) in [5.74, 6) is 0. The molecule has 1 N–H and O–H groups in total. The first kappa shape index (κ1) is 14.0. The molecule has 1 aromatic rings. The van der Waals surface area contributed by atoms with E-state index in [2.05, 4.69) is 5.32 Å². The Labute approximate surface area is 117 Å². The van der Waals surface area contributed by atoms with E-state index in [1.807, 2.05) is 6.07 Å². The molecule has 0 heterocycles. The molecule has 2 atom stereocenters. The average Bonchev–Trinajstić information content (AvgIpc) is 2.72. The van der Waals surface area contributed by atoms with Gasteiger partial charge < -0.3 is 5.32 Å². The molecule has 100 valence electrons. The molecule has 0 bridgehead atoms. The van der Waals surface area contributed by atoms with Crippen LogP contribution in [-0.4, -0.2) is 26.0 Å². The van der Waals surface area contributed by atoms with Crippen LogP contribution in [0.1, 0.15) is 19.3 Å². The summed E-state index contributed by atoms with van der Waals surface area (Å²) < 4.78 is 23.4. The number of rotatable bonds is 3. The molecular formula is C12H15Cl2NO2S. The highest BCUT2D eigenvalue weighted by molar-refractivity contribution is 7.91. The lowest BCUT2D eigenvalue weighted by molar-refractivity contribution is 0.579. The predicted octanol–water partition coefficient (Wildman–Crippen LogP) is 3.37. The van der Waals surface area contributed by atoms with Gasteiger partial charge in [0.2, 0.25) is 0 Å². The maximum atomic E-state index is 11.7. The topological polar surface area (TPSA) is 46.2 Å². The quantitative estimate of drug-likeness (QED) is 0.931. The fourth-order valence-corrected chi connectivity index (χ4v) is 4.17. The minimum atomic E-state index is -3.03. The van der Waals surface area contributed by atoms with Crippen LogP contribution in [-0.2, 0) is 9.84 Å². The van der Waals surface area contributed by atoms with Crippen LogP contribution in [0.4, 0.5) is 5.69 Å². The van der Waals surface area contributed by atoms with Crippen LogP contribution in [0.2, 0.25) is 10.0 Å². The minimum absolute atomic E-state index is 0.0871. The second-order valence-electron chi connectivity index (χ2n) is 4.65. The van der Waals surface area contributed by atoms with E-state index in [9.17, 15) is 8.42 Å². The largest absolute Gasteiger partial charge is 0.380 e. The molecule has 2 unspecified atom stereocenters. The molecule has 0 amide bonds. The van der Waals surface area contributed by atoms with Crippen molar-refractivity contribution in [2.45, 2.75) is 30.6 Å². The highest BCUT2D eigenvalue weighted by Crippen LogP contribution is 2.33. The van der Waals surface area contributed by atoms with Gasteiger partial charge in [-0.05, 0) is 31.4 Å². The van der Waals surface area contributed by atoms with E-state index in [0.717, 1.165) is 12.8 Å². The smallest absolute Gasteiger partial charge is 0.152 e. The molecule has 3 nitrogen and oxygen atoms in total. The Bertz CT molecular complexity index is 545. The monoisotopic (exact) mass is 307 g/mol. The number of sulfone groups is 1. The third-order valence-electron chi connectivity index (χ3n) is 3.29. The van der Waals surface area contributed by atoms with Gasteiger partial charge in [-0.15, -0.1) is 0 Å². The molecule has 1 aliphatic carbocycles. The normalized spacial score (nSPS) is 24.2. The molecule has 0 aromatic heterocycles. The van der Waals surface area contributed by atoms with E-state index in [4.69, 9.17) is 23.2 Å². The zero-order chi connectivity index (χ0) is 13.3. The van der Waals surface area contributed by atoms with Crippen molar-refractivity contribution in [2.75, 3.05) is 11.6 Å². The Kier molecular flexibility index (Phi) is 4.09. The summed E-state index contributed by atoms with van der Waals surface area (Å²) >= 11 is 12.0. The Balaban J connectivity index is 2.21. The van der Waals surface area contributed by atoms with Crippen LogP contribution < -0.4 is 5.32 Å². The van der Waals surface area contributed by atoms with Crippen LogP contribution in [0.5, 0.6) is 0 Å². The molecule has 1 aliphatic rings. The summed E-state index contributed by atoms with van der Waals surface area (Å²) in [6.07, 6.45) is 3.74. The number of anilines is 1. The van der Waals surface area contributed by atoms with E-state index in [0.29, 0.717) is 22.2 Å². The van der Waals surface area contributed by atoms with Gasteiger partial charge in [0, 0.05) is 12.3 Å². The van der Waals surface area contributed by atoms with Gasteiger partial charge in [-0.25, -0.2) is 8.42 Å². The predicted molar refractivity (Wildman–Crippen MR) is 76.4 cm³/mol. The molecule has 0 spiro atoms. The fraction of sp³-hybridized carbons (Fsp3) is 0.500. The van der Waals surface area contributed by atoms with E-state index in [-0.39, 0.29) is 11.3 Å². The first-order valence-electron chi connectivity index (χ1n) is 5.79. The third kappa shape index (κ3) is 2.92. The molecule has 1 aromatic carbocycles. The Morgan fingerprint density at radius 1 is 1.28 bits per heavy atom. The number of halogens is 2. The standard InChI is InChI=1S/C12H15Cl2NO2S/c1-18(16,17)11-7-3-5-9(11)15-10-6-2-4-8(13)12(10)14/h2,4,6,9,11,15H,3,5,7H2,1H3. The number of hydrogen-bond acceptors (Lipinski definition) is 3. The Hall–Kier alpha value is -0.450. The third-order valence-corrected chi connectivity index (χ3v) is 5.78. The van der Waals surface area contributed by atoms with E-state index in [1.165, 1.54) is 6.26 Å². The van der Waals surface area contributed by atoms with Crippen LogP contribution in [0.3, 0.4) is 0 Å². The van der Waals surface area contributed by atoms with E-state index >= 15 is 0 Å². The zero-order valence-corrected chi connectivity index (χ0v) is 12.3. The van der Waals surface area contributed by atoms with Gasteiger partial charge >= 0.3 is 0 Å². The molecule has 18 heavy (non-hydrogen) atoms. The molecule has 0 aliphatic heterocycles. The zero-order valence-electron chi connectivity index (χ0n) is 9.99. The Morgan fingerprint density at radius 3 is 2.67 bits per heavy atom. The maximum absolute atomic E-state index is 11.7. The summed E-state index contributed by atoms with van der Waals surface area (Å²) in [5, 5.41) is 3.78. The first-order valence-corrected chi connectivity index (χ1v) is 8.50. The van der Waals surface area contributed by atoms with Crippen LogP contribution >= 0.6 is 23.2 Å². The molecule has 0 radical (unpaired) electrons. The van der Waals surface area contributed by atoms with Crippen molar-refractivity contribution in [3.05, 3.63) is 28.2 Å². The van der Waals surface area contributed by atoms with Gasteiger partial charge in [0.15, 0.2) is 9.84 Å². The Morgan fingerprint density at radius 2 is 2.00 bits per heavy atom. The van der Waals surface area contributed by atoms with Crippen molar-refractivity contribution in [2.24, 2.45) is 0 Å². The summed E-state index contributed by atoms with van der Waals surface area (Å²) in [7, 11) is -3.03. The van der Waals surface area contributed by atoms with E-state index in [1.54, 1.807) is 12.1 Å². The molecule has 1 fully saturated rings.